The van der Waals surface area contributed by atoms with Gasteiger partial charge in [0.25, 0.3) is 0 Å². The number of hydrogen-bond donors (Lipinski definition) is 0. The molecule has 3 nitrogen and oxygen atoms in total. The molecule has 15 heavy (non-hydrogen) atoms. The maximum atomic E-state index is 11.7. The second-order valence-corrected chi connectivity index (χ2v) is 5.54. The molecule has 0 unspecified atom stereocenters. The molecule has 0 N–H and O–H groups in total. The van der Waals surface area contributed by atoms with E-state index in [1.54, 1.807) is 11.8 Å². The summed E-state index contributed by atoms with van der Waals surface area (Å²) in [6.07, 6.45) is 0.642. The maximum absolute atomic E-state index is 11.7. The predicted molar refractivity (Wildman–Crippen MR) is 66.2 cm³/mol. The number of hydrogen-bond acceptors (Lipinski definition) is 3. The van der Waals surface area contributed by atoms with E-state index in [1.165, 1.54) is 0 Å². The zero-order valence-electron chi connectivity index (χ0n) is 9.99. The molecule has 0 aromatic carbocycles. The third kappa shape index (κ3) is 3.52. The van der Waals surface area contributed by atoms with Gasteiger partial charge in [-0.25, -0.2) is 0 Å². The fourth-order valence-electron chi connectivity index (χ4n) is 1.42. The van der Waals surface area contributed by atoms with Crippen LogP contribution in [0.3, 0.4) is 0 Å². The first-order chi connectivity index (χ1) is 7.02. The highest BCUT2D eigenvalue weighted by molar-refractivity contribution is 8.13. The number of amidine groups is 1. The van der Waals surface area contributed by atoms with Crippen LogP contribution in [0.1, 0.15) is 34.1 Å². The number of carbonyl (C=O) groups is 1. The van der Waals surface area contributed by atoms with E-state index in [0.29, 0.717) is 12.3 Å². The van der Waals surface area contributed by atoms with Crippen molar-refractivity contribution in [1.29, 1.82) is 0 Å². The molecule has 0 spiro atoms. The molecule has 0 bridgehead atoms. The minimum Gasteiger partial charge on any atom is -0.289 e. The zero-order chi connectivity index (χ0) is 11.4. The molecule has 0 saturated carbocycles. The number of thioether (sulfide) groups is 1. The summed E-state index contributed by atoms with van der Waals surface area (Å²) in [7, 11) is 0. The molecule has 86 valence electrons. The van der Waals surface area contributed by atoms with Crippen LogP contribution in [0, 0.1) is 5.92 Å². The van der Waals surface area contributed by atoms with E-state index in [1.807, 2.05) is 18.7 Å². The molecule has 1 aliphatic rings. The van der Waals surface area contributed by atoms with Gasteiger partial charge < -0.3 is 0 Å². The predicted octanol–water partition coefficient (Wildman–Crippen LogP) is 2.37. The third-order valence-corrected chi connectivity index (χ3v) is 3.12. The summed E-state index contributed by atoms with van der Waals surface area (Å²) in [6.45, 7) is 9.15. The number of aliphatic imine (C=N–C) groups is 1. The van der Waals surface area contributed by atoms with Crippen LogP contribution in [0.15, 0.2) is 4.99 Å². The van der Waals surface area contributed by atoms with Crippen molar-refractivity contribution in [3.63, 3.8) is 0 Å². The molecule has 1 saturated heterocycles. The quantitative estimate of drug-likeness (QED) is 0.743. The Morgan fingerprint density at radius 1 is 1.40 bits per heavy atom. The first-order valence-electron chi connectivity index (χ1n) is 5.51. The molecular formula is C11H20N2OS. The molecule has 0 radical (unpaired) electrons. The monoisotopic (exact) mass is 228 g/mol. The van der Waals surface area contributed by atoms with Gasteiger partial charge in [0, 0.05) is 24.8 Å². The van der Waals surface area contributed by atoms with E-state index in [0.717, 1.165) is 17.5 Å². The van der Waals surface area contributed by atoms with E-state index in [-0.39, 0.29) is 11.9 Å². The summed E-state index contributed by atoms with van der Waals surface area (Å²) < 4.78 is 0. The summed E-state index contributed by atoms with van der Waals surface area (Å²) in [4.78, 5) is 18.1. The molecule has 0 aromatic rings. The molecule has 1 rings (SSSR count). The average Bonchev–Trinajstić information content (AvgIpc) is 2.13. The number of amides is 1. The summed E-state index contributed by atoms with van der Waals surface area (Å²) in [5.41, 5.74) is 0. The molecule has 0 aliphatic carbocycles. The van der Waals surface area contributed by atoms with Crippen molar-refractivity contribution in [1.82, 2.24) is 4.90 Å². The highest BCUT2D eigenvalue weighted by atomic mass is 32.2. The van der Waals surface area contributed by atoms with Crippen molar-refractivity contribution in [2.75, 3.05) is 12.3 Å². The molecular weight excluding hydrogens is 208 g/mol. The highest BCUT2D eigenvalue weighted by Gasteiger charge is 2.26. The summed E-state index contributed by atoms with van der Waals surface area (Å²) in [6, 6.07) is 0.219. The van der Waals surface area contributed by atoms with Crippen LogP contribution in [-0.2, 0) is 4.79 Å². The largest absolute Gasteiger partial charge is 0.289 e. The fraction of sp³-hybridized carbons (Fsp3) is 0.818. The molecule has 0 atom stereocenters. The molecule has 1 heterocycles. The minimum absolute atomic E-state index is 0.214. The molecule has 0 aromatic heterocycles. The number of rotatable bonds is 3. The summed E-state index contributed by atoms with van der Waals surface area (Å²) in [5.74, 6) is 1.63. The second kappa shape index (κ2) is 5.54. The van der Waals surface area contributed by atoms with Crippen molar-refractivity contribution in [3.8, 4) is 0 Å². The lowest BCUT2D eigenvalue weighted by molar-refractivity contribution is -0.128. The van der Waals surface area contributed by atoms with Crippen molar-refractivity contribution in [2.24, 2.45) is 10.9 Å². The van der Waals surface area contributed by atoms with Crippen LogP contribution < -0.4 is 0 Å². The third-order valence-electron chi connectivity index (χ3n) is 2.13. The van der Waals surface area contributed by atoms with E-state index in [9.17, 15) is 4.79 Å². The lowest BCUT2D eigenvalue weighted by Gasteiger charge is -2.31. The Morgan fingerprint density at radius 2 is 2.07 bits per heavy atom. The Labute approximate surface area is 96.3 Å². The van der Waals surface area contributed by atoms with Gasteiger partial charge in [-0.2, -0.15) is 0 Å². The van der Waals surface area contributed by atoms with Crippen LogP contribution in [-0.4, -0.2) is 34.3 Å². The standard InChI is InChI=1S/C11H20N2OS/c1-8(2)7-12-11-13(9(3)4)10(14)5-6-15-11/h8-9H,5-7H2,1-4H3. The average molecular weight is 228 g/mol. The van der Waals surface area contributed by atoms with Crippen LogP contribution in [0.4, 0.5) is 0 Å². The number of nitrogens with zero attached hydrogens (tertiary/aromatic N) is 2. The SMILES string of the molecule is CC(C)CN=C1SCCC(=O)N1C(C)C. The van der Waals surface area contributed by atoms with Gasteiger partial charge in [0.2, 0.25) is 5.91 Å². The van der Waals surface area contributed by atoms with Crippen LogP contribution in [0.5, 0.6) is 0 Å². The van der Waals surface area contributed by atoms with Gasteiger partial charge in [-0.1, -0.05) is 25.6 Å². The first-order valence-corrected chi connectivity index (χ1v) is 6.50. The maximum Gasteiger partial charge on any atom is 0.229 e. The molecule has 1 aliphatic heterocycles. The van der Waals surface area contributed by atoms with Crippen LogP contribution in [0.2, 0.25) is 0 Å². The summed E-state index contributed by atoms with van der Waals surface area (Å²) >= 11 is 1.70. The Hall–Kier alpha value is -0.510. The normalized spacial score (nSPS) is 20.8. The first kappa shape index (κ1) is 12.6. The molecule has 1 fully saturated rings. The Balaban J connectivity index is 2.75. The van der Waals surface area contributed by atoms with Crippen molar-refractivity contribution in [2.45, 2.75) is 40.2 Å². The van der Waals surface area contributed by atoms with Gasteiger partial charge in [0.05, 0.1) is 0 Å². The minimum atomic E-state index is 0.214. The zero-order valence-corrected chi connectivity index (χ0v) is 10.8. The summed E-state index contributed by atoms with van der Waals surface area (Å²) in [5, 5.41) is 0.912. The van der Waals surface area contributed by atoms with Gasteiger partial charge in [0.15, 0.2) is 5.17 Å². The van der Waals surface area contributed by atoms with E-state index in [2.05, 4.69) is 18.8 Å². The lowest BCUT2D eigenvalue weighted by atomic mass is 10.2. The van der Waals surface area contributed by atoms with Gasteiger partial charge in [-0.15, -0.1) is 0 Å². The second-order valence-electron chi connectivity index (χ2n) is 4.47. The lowest BCUT2D eigenvalue weighted by Crippen LogP contribution is -2.43. The van der Waals surface area contributed by atoms with E-state index >= 15 is 0 Å². The van der Waals surface area contributed by atoms with E-state index in [4.69, 9.17) is 0 Å². The topological polar surface area (TPSA) is 32.7 Å². The van der Waals surface area contributed by atoms with Gasteiger partial charge in [-0.05, 0) is 19.8 Å². The van der Waals surface area contributed by atoms with Crippen LogP contribution >= 0.6 is 11.8 Å². The van der Waals surface area contributed by atoms with Crippen molar-refractivity contribution in [3.05, 3.63) is 0 Å². The fourth-order valence-corrected chi connectivity index (χ4v) is 2.49. The van der Waals surface area contributed by atoms with Gasteiger partial charge in [-0.3, -0.25) is 14.7 Å². The smallest absolute Gasteiger partial charge is 0.229 e. The van der Waals surface area contributed by atoms with Gasteiger partial charge in [0.1, 0.15) is 0 Å². The number of carbonyl (C=O) groups excluding carboxylic acids is 1. The van der Waals surface area contributed by atoms with Crippen molar-refractivity contribution < 1.29 is 4.79 Å². The molecule has 1 amide bonds. The Kier molecular flexibility index (Phi) is 4.64. The van der Waals surface area contributed by atoms with E-state index < -0.39 is 0 Å². The Bertz CT molecular complexity index is 261. The van der Waals surface area contributed by atoms with Crippen LogP contribution in [0.25, 0.3) is 0 Å². The molecule has 4 heteroatoms. The highest BCUT2D eigenvalue weighted by Crippen LogP contribution is 2.21. The Morgan fingerprint density at radius 3 is 2.60 bits per heavy atom. The van der Waals surface area contributed by atoms with Crippen molar-refractivity contribution >= 4 is 22.8 Å². The van der Waals surface area contributed by atoms with Gasteiger partial charge >= 0.3 is 0 Å².